The second-order valence-electron chi connectivity index (χ2n) is 4.72. The third-order valence-corrected chi connectivity index (χ3v) is 2.70. The summed E-state index contributed by atoms with van der Waals surface area (Å²) in [6.45, 7) is 10.9. The maximum atomic E-state index is 4.39. The van der Waals surface area contributed by atoms with Crippen molar-refractivity contribution in [2.75, 3.05) is 6.54 Å². The van der Waals surface area contributed by atoms with E-state index < -0.39 is 0 Å². The van der Waals surface area contributed by atoms with Crippen LogP contribution in [0.15, 0.2) is 12.3 Å². The van der Waals surface area contributed by atoms with Crippen LogP contribution in [0.25, 0.3) is 0 Å². The van der Waals surface area contributed by atoms with E-state index >= 15 is 0 Å². The first-order valence-electron chi connectivity index (χ1n) is 6.44. The summed E-state index contributed by atoms with van der Waals surface area (Å²) in [7, 11) is 0. The molecular weight excluding hydrogens is 198 g/mol. The van der Waals surface area contributed by atoms with Crippen molar-refractivity contribution in [1.82, 2.24) is 15.1 Å². The highest BCUT2D eigenvalue weighted by molar-refractivity contribution is 5.07. The number of hydrogen-bond donors (Lipinski definition) is 1. The lowest BCUT2D eigenvalue weighted by Gasteiger charge is -2.21. The number of aromatic nitrogens is 2. The minimum atomic E-state index is 0.444. The van der Waals surface area contributed by atoms with Crippen molar-refractivity contribution in [1.29, 1.82) is 0 Å². The van der Waals surface area contributed by atoms with Gasteiger partial charge in [0.2, 0.25) is 0 Å². The summed E-state index contributed by atoms with van der Waals surface area (Å²) in [5.41, 5.74) is 1.33. The summed E-state index contributed by atoms with van der Waals surface area (Å²) in [4.78, 5) is 0. The molecule has 0 aliphatic rings. The van der Waals surface area contributed by atoms with E-state index in [-0.39, 0.29) is 0 Å². The van der Waals surface area contributed by atoms with E-state index in [0.717, 1.165) is 19.5 Å². The summed E-state index contributed by atoms with van der Waals surface area (Å²) in [5.74, 6) is 0.703. The van der Waals surface area contributed by atoms with E-state index in [2.05, 4.69) is 48.9 Å². The number of hydrogen-bond acceptors (Lipinski definition) is 2. The van der Waals surface area contributed by atoms with Crippen molar-refractivity contribution < 1.29 is 0 Å². The monoisotopic (exact) mass is 223 g/mol. The summed E-state index contributed by atoms with van der Waals surface area (Å²) in [5, 5.41) is 7.95. The second-order valence-corrected chi connectivity index (χ2v) is 4.72. The highest BCUT2D eigenvalue weighted by Crippen LogP contribution is 2.21. The quantitative estimate of drug-likeness (QED) is 0.770. The maximum Gasteiger partial charge on any atom is 0.0553 e. The molecule has 0 spiro atoms. The Balaban J connectivity index is 2.78. The van der Waals surface area contributed by atoms with E-state index in [1.54, 1.807) is 0 Å². The van der Waals surface area contributed by atoms with Crippen molar-refractivity contribution >= 4 is 0 Å². The molecule has 1 rings (SSSR count). The van der Waals surface area contributed by atoms with Gasteiger partial charge in [-0.25, -0.2) is 0 Å². The summed E-state index contributed by atoms with van der Waals surface area (Å²) >= 11 is 0. The van der Waals surface area contributed by atoms with Crippen LogP contribution in [0.4, 0.5) is 0 Å². The topological polar surface area (TPSA) is 29.9 Å². The molecule has 0 saturated heterocycles. The fraction of sp³-hybridized carbons (Fsp3) is 0.769. The molecule has 3 nitrogen and oxygen atoms in total. The third kappa shape index (κ3) is 3.63. The van der Waals surface area contributed by atoms with Crippen molar-refractivity contribution in [3.8, 4) is 0 Å². The molecule has 0 saturated carbocycles. The van der Waals surface area contributed by atoms with Gasteiger partial charge in [-0.3, -0.25) is 4.68 Å². The lowest BCUT2D eigenvalue weighted by atomic mass is 10.0. The Bertz CT molecular complexity index is 291. The average Bonchev–Trinajstić information content (AvgIpc) is 2.65. The highest BCUT2D eigenvalue weighted by atomic mass is 15.3. The largest absolute Gasteiger partial charge is 0.309 e. The Hall–Kier alpha value is -0.830. The number of nitrogens with zero attached hydrogens (tertiary/aromatic N) is 2. The normalized spacial score (nSPS) is 13.3. The zero-order valence-corrected chi connectivity index (χ0v) is 11.0. The second kappa shape index (κ2) is 6.69. The molecule has 0 amide bonds. The van der Waals surface area contributed by atoms with E-state index in [1.165, 1.54) is 12.1 Å². The Kier molecular flexibility index (Phi) is 5.53. The van der Waals surface area contributed by atoms with E-state index in [4.69, 9.17) is 0 Å². The van der Waals surface area contributed by atoms with E-state index in [0.29, 0.717) is 12.0 Å². The van der Waals surface area contributed by atoms with Crippen molar-refractivity contribution in [2.45, 2.75) is 53.1 Å². The standard InChI is InChI=1S/C13H25N3/c1-5-9-16-13(7-8-15-16)12(14-6-2)10-11(3)4/h7-8,11-12,14H,5-6,9-10H2,1-4H3. The molecule has 0 aromatic carbocycles. The van der Waals surface area contributed by atoms with E-state index in [9.17, 15) is 0 Å². The Morgan fingerprint density at radius 1 is 1.38 bits per heavy atom. The first-order chi connectivity index (χ1) is 7.69. The van der Waals surface area contributed by atoms with Crippen LogP contribution in [0.3, 0.4) is 0 Å². The summed E-state index contributed by atoms with van der Waals surface area (Å²) in [6, 6.07) is 2.59. The molecule has 1 aromatic heterocycles. The molecular formula is C13H25N3. The van der Waals surface area contributed by atoms with Gasteiger partial charge in [-0.05, 0) is 31.4 Å². The van der Waals surface area contributed by atoms with Crippen LogP contribution in [0.2, 0.25) is 0 Å². The minimum absolute atomic E-state index is 0.444. The van der Waals surface area contributed by atoms with Gasteiger partial charge < -0.3 is 5.32 Å². The molecule has 0 fully saturated rings. The fourth-order valence-electron chi connectivity index (χ4n) is 2.06. The van der Waals surface area contributed by atoms with Crippen LogP contribution >= 0.6 is 0 Å². The van der Waals surface area contributed by atoms with Gasteiger partial charge >= 0.3 is 0 Å². The molecule has 1 N–H and O–H groups in total. The maximum absolute atomic E-state index is 4.39. The molecule has 0 radical (unpaired) electrons. The number of aryl methyl sites for hydroxylation is 1. The predicted octanol–water partition coefficient (Wildman–Crippen LogP) is 2.99. The minimum Gasteiger partial charge on any atom is -0.309 e. The van der Waals surface area contributed by atoms with Crippen LogP contribution in [0.1, 0.15) is 52.3 Å². The molecule has 3 heteroatoms. The number of rotatable bonds is 7. The Morgan fingerprint density at radius 2 is 2.12 bits per heavy atom. The van der Waals surface area contributed by atoms with Crippen molar-refractivity contribution in [2.24, 2.45) is 5.92 Å². The smallest absolute Gasteiger partial charge is 0.0553 e. The fourth-order valence-corrected chi connectivity index (χ4v) is 2.06. The molecule has 16 heavy (non-hydrogen) atoms. The third-order valence-electron chi connectivity index (χ3n) is 2.70. The summed E-state index contributed by atoms with van der Waals surface area (Å²) in [6.07, 6.45) is 4.22. The van der Waals surface area contributed by atoms with Gasteiger partial charge in [0.15, 0.2) is 0 Å². The molecule has 0 aliphatic carbocycles. The zero-order chi connectivity index (χ0) is 12.0. The Labute approximate surface area is 99.2 Å². The highest BCUT2D eigenvalue weighted by Gasteiger charge is 2.16. The van der Waals surface area contributed by atoms with Gasteiger partial charge in [-0.2, -0.15) is 5.10 Å². The van der Waals surface area contributed by atoms with E-state index in [1.807, 2.05) is 6.20 Å². The van der Waals surface area contributed by atoms with Gasteiger partial charge in [-0.15, -0.1) is 0 Å². The molecule has 92 valence electrons. The van der Waals surface area contributed by atoms with Crippen LogP contribution in [0.5, 0.6) is 0 Å². The van der Waals surface area contributed by atoms with Crippen LogP contribution in [-0.4, -0.2) is 16.3 Å². The van der Waals surface area contributed by atoms with Crippen LogP contribution < -0.4 is 5.32 Å². The predicted molar refractivity (Wildman–Crippen MR) is 68.4 cm³/mol. The van der Waals surface area contributed by atoms with Crippen molar-refractivity contribution in [3.05, 3.63) is 18.0 Å². The van der Waals surface area contributed by atoms with Gasteiger partial charge in [0.05, 0.1) is 5.69 Å². The first kappa shape index (κ1) is 13.2. The molecule has 0 aliphatic heterocycles. The van der Waals surface area contributed by atoms with Gasteiger partial charge in [0.25, 0.3) is 0 Å². The lowest BCUT2D eigenvalue weighted by molar-refractivity contribution is 0.407. The lowest BCUT2D eigenvalue weighted by Crippen LogP contribution is -2.25. The van der Waals surface area contributed by atoms with Gasteiger partial charge in [0, 0.05) is 18.8 Å². The van der Waals surface area contributed by atoms with Crippen LogP contribution in [0, 0.1) is 5.92 Å². The average molecular weight is 223 g/mol. The van der Waals surface area contributed by atoms with Crippen molar-refractivity contribution in [3.63, 3.8) is 0 Å². The van der Waals surface area contributed by atoms with Crippen LogP contribution in [-0.2, 0) is 6.54 Å². The zero-order valence-electron chi connectivity index (χ0n) is 11.0. The first-order valence-corrected chi connectivity index (χ1v) is 6.44. The van der Waals surface area contributed by atoms with Gasteiger partial charge in [0.1, 0.15) is 0 Å². The SMILES string of the molecule is CCCn1nccc1C(CC(C)C)NCC. The molecule has 1 unspecified atom stereocenters. The summed E-state index contributed by atoms with van der Waals surface area (Å²) < 4.78 is 2.13. The Morgan fingerprint density at radius 3 is 2.69 bits per heavy atom. The molecule has 1 atom stereocenters. The molecule has 1 aromatic rings. The molecule has 1 heterocycles. The van der Waals surface area contributed by atoms with Gasteiger partial charge in [-0.1, -0.05) is 27.7 Å². The number of nitrogens with one attached hydrogen (secondary N) is 1. The molecule has 0 bridgehead atoms.